The molecule has 0 aromatic heterocycles. The van der Waals surface area contributed by atoms with E-state index in [0.29, 0.717) is 5.75 Å². The quantitative estimate of drug-likeness (QED) is 0.757. The Hall–Kier alpha value is 0.780. The molecule has 1 N–H and O–H groups in total. The van der Waals surface area contributed by atoms with Crippen molar-refractivity contribution < 1.29 is 4.79 Å². The predicted molar refractivity (Wildman–Crippen MR) is 67.1 cm³/mol. The Labute approximate surface area is 101 Å². The number of hydrogen-bond acceptors (Lipinski definition) is 2. The third-order valence-electron chi connectivity index (χ3n) is 1.87. The maximum Gasteiger partial charge on any atom is 0.230 e. The molecule has 0 aromatic carbocycles. The minimum Gasteiger partial charge on any atom is -0.348 e. The van der Waals surface area contributed by atoms with Gasteiger partial charge in [0.25, 0.3) is 0 Å². The van der Waals surface area contributed by atoms with Crippen LogP contribution in [0.25, 0.3) is 0 Å². The lowest BCUT2D eigenvalue weighted by molar-refractivity contribution is -0.120. The van der Waals surface area contributed by atoms with Crippen molar-refractivity contribution in [1.82, 2.24) is 5.32 Å². The van der Waals surface area contributed by atoms with Crippen LogP contribution in [0.1, 0.15) is 13.3 Å². The minimum atomic E-state index is -0.132. The number of carbonyl (C=O) groups excluding carboxylic acids is 1. The Morgan fingerprint density at radius 3 is 2.31 bits per heavy atom. The Morgan fingerprint density at radius 1 is 1.46 bits per heavy atom. The highest BCUT2D eigenvalue weighted by atomic mass is 79.9. The van der Waals surface area contributed by atoms with Gasteiger partial charge in [-0.2, -0.15) is 11.8 Å². The molecular formula is C8H15Br2NOS. The summed E-state index contributed by atoms with van der Waals surface area (Å²) in [5, 5.41) is 4.59. The summed E-state index contributed by atoms with van der Waals surface area (Å²) in [5.41, 5.74) is -0.132. The molecule has 0 saturated heterocycles. The van der Waals surface area contributed by atoms with E-state index >= 15 is 0 Å². The number of hydrogen-bond donors (Lipinski definition) is 1. The second-order valence-corrected chi connectivity index (χ2v) is 4.87. The first-order chi connectivity index (χ1) is 6.14. The average molecular weight is 333 g/mol. The molecule has 0 bridgehead atoms. The molecule has 5 heteroatoms. The van der Waals surface area contributed by atoms with Gasteiger partial charge in [-0.3, -0.25) is 4.79 Å². The van der Waals surface area contributed by atoms with Crippen molar-refractivity contribution in [3.63, 3.8) is 0 Å². The van der Waals surface area contributed by atoms with Crippen LogP contribution in [0.2, 0.25) is 0 Å². The zero-order valence-electron chi connectivity index (χ0n) is 7.90. The number of halogens is 2. The van der Waals surface area contributed by atoms with Gasteiger partial charge in [0.15, 0.2) is 0 Å². The molecule has 0 aromatic rings. The normalized spacial score (nSPS) is 11.4. The van der Waals surface area contributed by atoms with Gasteiger partial charge in [0.1, 0.15) is 0 Å². The number of rotatable bonds is 6. The Bertz CT molecular complexity index is 154. The third kappa shape index (κ3) is 4.70. The molecule has 0 heterocycles. The monoisotopic (exact) mass is 331 g/mol. The smallest absolute Gasteiger partial charge is 0.230 e. The first-order valence-electron chi connectivity index (χ1n) is 4.06. The third-order valence-corrected chi connectivity index (χ3v) is 4.57. The van der Waals surface area contributed by atoms with Crippen molar-refractivity contribution in [3.8, 4) is 0 Å². The number of thioether (sulfide) groups is 1. The summed E-state index contributed by atoms with van der Waals surface area (Å²) in [6.07, 6.45) is 2.85. The average Bonchev–Trinajstić information content (AvgIpc) is 2.15. The molecular weight excluding hydrogens is 318 g/mol. The lowest BCUT2D eigenvalue weighted by Crippen LogP contribution is -2.51. The molecule has 1 amide bonds. The molecule has 0 aliphatic heterocycles. The molecule has 0 radical (unpaired) electrons. The lowest BCUT2D eigenvalue weighted by Gasteiger charge is -2.29. The molecule has 0 saturated carbocycles. The number of carbonyl (C=O) groups is 1. The molecule has 78 valence electrons. The van der Waals surface area contributed by atoms with E-state index in [2.05, 4.69) is 44.1 Å². The highest BCUT2D eigenvalue weighted by Crippen LogP contribution is 2.16. The van der Waals surface area contributed by atoms with Crippen LogP contribution >= 0.6 is 43.6 Å². The van der Waals surface area contributed by atoms with Gasteiger partial charge < -0.3 is 5.32 Å². The predicted octanol–water partition coefficient (Wildman–Crippen LogP) is 2.40. The van der Waals surface area contributed by atoms with Crippen molar-refractivity contribution in [2.45, 2.75) is 18.9 Å². The van der Waals surface area contributed by atoms with Crippen molar-refractivity contribution >= 4 is 49.5 Å². The molecule has 2 nitrogen and oxygen atoms in total. The van der Waals surface area contributed by atoms with E-state index in [1.54, 1.807) is 0 Å². The van der Waals surface area contributed by atoms with Gasteiger partial charge in [0, 0.05) is 10.7 Å². The van der Waals surface area contributed by atoms with Crippen LogP contribution in [0.5, 0.6) is 0 Å². The molecule has 0 atom stereocenters. The van der Waals surface area contributed by atoms with Crippen molar-refractivity contribution in [3.05, 3.63) is 0 Å². The van der Waals surface area contributed by atoms with Crippen molar-refractivity contribution in [1.29, 1.82) is 0 Å². The van der Waals surface area contributed by atoms with E-state index < -0.39 is 0 Å². The fourth-order valence-corrected chi connectivity index (χ4v) is 3.18. The van der Waals surface area contributed by atoms with Crippen molar-refractivity contribution in [2.75, 3.05) is 22.7 Å². The SMILES string of the molecule is CCC(CBr)(CBr)NC(=O)CSC. The van der Waals surface area contributed by atoms with Crippen LogP contribution in [0.4, 0.5) is 0 Å². The largest absolute Gasteiger partial charge is 0.348 e. The summed E-state index contributed by atoms with van der Waals surface area (Å²) in [4.78, 5) is 11.4. The Balaban J connectivity index is 4.16. The summed E-state index contributed by atoms with van der Waals surface area (Å²) >= 11 is 8.38. The van der Waals surface area contributed by atoms with E-state index in [9.17, 15) is 4.79 Å². The molecule has 13 heavy (non-hydrogen) atoms. The summed E-state index contributed by atoms with van der Waals surface area (Å²) < 4.78 is 0. The summed E-state index contributed by atoms with van der Waals surface area (Å²) in [7, 11) is 0. The molecule has 0 fully saturated rings. The van der Waals surface area contributed by atoms with Gasteiger partial charge in [0.05, 0.1) is 11.3 Å². The van der Waals surface area contributed by atoms with E-state index in [-0.39, 0.29) is 11.4 Å². The fraction of sp³-hybridized carbons (Fsp3) is 0.875. The van der Waals surface area contributed by atoms with Crippen LogP contribution in [0.3, 0.4) is 0 Å². The van der Waals surface area contributed by atoms with Crippen molar-refractivity contribution in [2.24, 2.45) is 0 Å². The highest BCUT2D eigenvalue weighted by Gasteiger charge is 2.27. The second kappa shape index (κ2) is 7.12. The standard InChI is InChI=1S/C8H15Br2NOS/c1-3-8(5-9,6-10)11-7(12)4-13-2/h3-6H2,1-2H3,(H,11,12). The Morgan fingerprint density at radius 2 is 2.00 bits per heavy atom. The van der Waals surface area contributed by atoms with Gasteiger partial charge in [-0.15, -0.1) is 0 Å². The van der Waals surface area contributed by atoms with Gasteiger partial charge in [-0.25, -0.2) is 0 Å². The van der Waals surface area contributed by atoms with Gasteiger partial charge in [-0.1, -0.05) is 38.8 Å². The molecule has 0 unspecified atom stereocenters. The number of nitrogens with one attached hydrogen (secondary N) is 1. The highest BCUT2D eigenvalue weighted by molar-refractivity contribution is 9.09. The first-order valence-corrected chi connectivity index (χ1v) is 7.69. The zero-order valence-corrected chi connectivity index (χ0v) is 11.9. The summed E-state index contributed by atoms with van der Waals surface area (Å²) in [6, 6.07) is 0. The van der Waals surface area contributed by atoms with E-state index in [1.807, 2.05) is 6.26 Å². The maximum absolute atomic E-state index is 11.4. The van der Waals surface area contributed by atoms with E-state index in [1.165, 1.54) is 11.8 Å². The molecule has 0 aliphatic rings. The first kappa shape index (κ1) is 13.8. The summed E-state index contributed by atoms with van der Waals surface area (Å²) in [6.45, 7) is 2.07. The topological polar surface area (TPSA) is 29.1 Å². The fourth-order valence-electron chi connectivity index (χ4n) is 0.843. The Kier molecular flexibility index (Phi) is 7.55. The number of alkyl halides is 2. The maximum atomic E-state index is 11.4. The zero-order chi connectivity index (χ0) is 10.3. The van der Waals surface area contributed by atoms with Gasteiger partial charge in [0.2, 0.25) is 5.91 Å². The van der Waals surface area contributed by atoms with E-state index in [0.717, 1.165) is 17.1 Å². The van der Waals surface area contributed by atoms with E-state index in [4.69, 9.17) is 0 Å². The number of amides is 1. The molecule has 0 rings (SSSR count). The van der Waals surface area contributed by atoms with Gasteiger partial charge >= 0.3 is 0 Å². The van der Waals surface area contributed by atoms with Crippen LogP contribution in [-0.4, -0.2) is 34.1 Å². The second-order valence-electron chi connectivity index (χ2n) is 2.88. The lowest BCUT2D eigenvalue weighted by atomic mass is 10.0. The minimum absolute atomic E-state index is 0.105. The van der Waals surface area contributed by atoms with Gasteiger partial charge in [-0.05, 0) is 12.7 Å². The van der Waals surface area contributed by atoms with Crippen LogP contribution < -0.4 is 5.32 Å². The van der Waals surface area contributed by atoms with Crippen LogP contribution in [-0.2, 0) is 4.79 Å². The van der Waals surface area contributed by atoms with Crippen LogP contribution in [0.15, 0.2) is 0 Å². The van der Waals surface area contributed by atoms with Crippen LogP contribution in [0, 0.1) is 0 Å². The summed E-state index contributed by atoms with van der Waals surface area (Å²) in [5.74, 6) is 0.634. The molecule has 0 spiro atoms. The molecule has 0 aliphatic carbocycles.